The van der Waals surface area contributed by atoms with Crippen molar-refractivity contribution in [3.63, 3.8) is 0 Å². The van der Waals surface area contributed by atoms with Crippen LogP contribution >= 0.6 is 23.5 Å². The highest BCUT2D eigenvalue weighted by atomic mass is 32.2. The molecule has 1 aliphatic heterocycles. The van der Waals surface area contributed by atoms with Crippen molar-refractivity contribution < 1.29 is 14.7 Å². The minimum absolute atomic E-state index is 0.130. The molecule has 1 aromatic heterocycles. The standard InChI is InChI=1S/C11H12N2O3S2/c14-10(6-18-8-1-3-12-4-2-8)13-7-17-5-9(13)11(15)16/h1-4,9H,5-7H2,(H,15,16)/t9-/m0/s1. The molecule has 0 unspecified atom stereocenters. The monoisotopic (exact) mass is 284 g/mol. The minimum atomic E-state index is -0.928. The Morgan fingerprint density at radius 2 is 2.22 bits per heavy atom. The Bertz CT molecular complexity index is 441. The molecular weight excluding hydrogens is 272 g/mol. The highest BCUT2D eigenvalue weighted by Gasteiger charge is 2.34. The summed E-state index contributed by atoms with van der Waals surface area (Å²) in [5, 5.41) is 9.00. The van der Waals surface area contributed by atoms with Crippen LogP contribution in [-0.2, 0) is 9.59 Å². The molecule has 0 saturated carbocycles. The quantitative estimate of drug-likeness (QED) is 0.837. The second-order valence-electron chi connectivity index (χ2n) is 3.69. The third-order valence-corrected chi connectivity index (χ3v) is 4.51. The maximum Gasteiger partial charge on any atom is 0.327 e. The van der Waals surface area contributed by atoms with Crippen LogP contribution in [0, 0.1) is 0 Å². The van der Waals surface area contributed by atoms with Crippen LogP contribution < -0.4 is 0 Å². The number of pyridine rings is 1. The lowest BCUT2D eigenvalue weighted by Crippen LogP contribution is -2.42. The summed E-state index contributed by atoms with van der Waals surface area (Å²) in [6.07, 6.45) is 3.33. The fourth-order valence-electron chi connectivity index (χ4n) is 1.56. The molecule has 0 radical (unpaired) electrons. The average molecular weight is 284 g/mol. The summed E-state index contributed by atoms with van der Waals surface area (Å²) < 4.78 is 0. The van der Waals surface area contributed by atoms with Crippen molar-refractivity contribution in [3.8, 4) is 0 Å². The number of hydrogen-bond acceptors (Lipinski definition) is 5. The molecular formula is C11H12N2O3S2. The second kappa shape index (κ2) is 6.10. The third-order valence-electron chi connectivity index (χ3n) is 2.50. The van der Waals surface area contributed by atoms with Crippen LogP contribution in [0.25, 0.3) is 0 Å². The van der Waals surface area contributed by atoms with Gasteiger partial charge in [0.2, 0.25) is 5.91 Å². The lowest BCUT2D eigenvalue weighted by atomic mass is 10.3. The van der Waals surface area contributed by atoms with Crippen molar-refractivity contribution in [3.05, 3.63) is 24.5 Å². The fraction of sp³-hybridized carbons (Fsp3) is 0.364. The summed E-state index contributed by atoms with van der Waals surface area (Å²) in [5.74, 6) is 0.138. The van der Waals surface area contributed by atoms with Crippen LogP contribution in [0.3, 0.4) is 0 Å². The Kier molecular flexibility index (Phi) is 4.48. The molecule has 1 N–H and O–H groups in total. The van der Waals surface area contributed by atoms with Gasteiger partial charge in [-0.15, -0.1) is 23.5 Å². The van der Waals surface area contributed by atoms with Gasteiger partial charge in [0.25, 0.3) is 0 Å². The molecule has 96 valence electrons. The van der Waals surface area contributed by atoms with E-state index in [1.165, 1.54) is 28.4 Å². The lowest BCUT2D eigenvalue weighted by molar-refractivity contribution is -0.146. The molecule has 0 bridgehead atoms. The molecule has 1 atom stereocenters. The lowest BCUT2D eigenvalue weighted by Gasteiger charge is -2.20. The molecule has 2 rings (SSSR count). The zero-order valence-corrected chi connectivity index (χ0v) is 11.1. The number of thioether (sulfide) groups is 2. The molecule has 5 nitrogen and oxygen atoms in total. The smallest absolute Gasteiger partial charge is 0.327 e. The van der Waals surface area contributed by atoms with E-state index in [4.69, 9.17) is 5.11 Å². The van der Waals surface area contributed by atoms with Crippen LogP contribution in [0.4, 0.5) is 0 Å². The van der Waals surface area contributed by atoms with Crippen LogP contribution in [-0.4, -0.2) is 50.3 Å². The Morgan fingerprint density at radius 3 is 2.89 bits per heavy atom. The fourth-order valence-corrected chi connectivity index (χ4v) is 3.50. The summed E-state index contributed by atoms with van der Waals surface area (Å²) in [6, 6.07) is 2.97. The van der Waals surface area contributed by atoms with Gasteiger partial charge in [-0.1, -0.05) is 0 Å². The number of aromatic nitrogens is 1. The molecule has 1 aliphatic rings. The first kappa shape index (κ1) is 13.2. The molecule has 7 heteroatoms. The zero-order chi connectivity index (χ0) is 13.0. The van der Waals surface area contributed by atoms with E-state index in [9.17, 15) is 9.59 Å². The minimum Gasteiger partial charge on any atom is -0.480 e. The van der Waals surface area contributed by atoms with Gasteiger partial charge >= 0.3 is 5.97 Å². The molecule has 1 aromatic rings. The van der Waals surface area contributed by atoms with E-state index < -0.39 is 12.0 Å². The van der Waals surface area contributed by atoms with Gasteiger partial charge in [-0.2, -0.15) is 0 Å². The maximum atomic E-state index is 11.9. The van der Waals surface area contributed by atoms with Gasteiger partial charge in [0.05, 0.1) is 11.6 Å². The van der Waals surface area contributed by atoms with E-state index in [1.807, 2.05) is 12.1 Å². The van der Waals surface area contributed by atoms with Crippen molar-refractivity contribution in [2.75, 3.05) is 17.4 Å². The van der Waals surface area contributed by atoms with E-state index in [-0.39, 0.29) is 11.7 Å². The normalized spacial score (nSPS) is 18.9. The highest BCUT2D eigenvalue weighted by Crippen LogP contribution is 2.23. The first-order valence-electron chi connectivity index (χ1n) is 5.31. The number of hydrogen-bond donors (Lipinski definition) is 1. The number of carboxylic acid groups (broad SMARTS) is 1. The van der Waals surface area contributed by atoms with Crippen molar-refractivity contribution in [2.24, 2.45) is 0 Å². The molecule has 18 heavy (non-hydrogen) atoms. The topological polar surface area (TPSA) is 70.5 Å². The molecule has 2 heterocycles. The maximum absolute atomic E-state index is 11.9. The molecule has 0 aliphatic carbocycles. The van der Waals surface area contributed by atoms with Crippen LogP contribution in [0.5, 0.6) is 0 Å². The summed E-state index contributed by atoms with van der Waals surface area (Å²) in [4.78, 5) is 29.2. The van der Waals surface area contributed by atoms with E-state index in [1.54, 1.807) is 12.4 Å². The van der Waals surface area contributed by atoms with E-state index in [2.05, 4.69) is 4.98 Å². The number of rotatable bonds is 4. The number of aliphatic carboxylic acids is 1. The van der Waals surface area contributed by atoms with Gasteiger partial charge in [-0.25, -0.2) is 4.79 Å². The average Bonchev–Trinajstić information content (AvgIpc) is 2.86. The molecule has 1 saturated heterocycles. The van der Waals surface area contributed by atoms with Crippen molar-refractivity contribution >= 4 is 35.4 Å². The summed E-state index contributed by atoms with van der Waals surface area (Å²) in [6.45, 7) is 0. The molecule has 0 aromatic carbocycles. The van der Waals surface area contributed by atoms with Crippen molar-refractivity contribution in [1.29, 1.82) is 0 Å². The van der Waals surface area contributed by atoms with Crippen LogP contribution in [0.1, 0.15) is 0 Å². The Balaban J connectivity index is 1.90. The van der Waals surface area contributed by atoms with E-state index >= 15 is 0 Å². The third kappa shape index (κ3) is 3.17. The van der Waals surface area contributed by atoms with E-state index in [0.717, 1.165) is 4.90 Å². The first-order chi connectivity index (χ1) is 8.68. The summed E-state index contributed by atoms with van der Waals surface area (Å²) in [5.41, 5.74) is 0. The largest absolute Gasteiger partial charge is 0.480 e. The van der Waals surface area contributed by atoms with Crippen molar-refractivity contribution in [2.45, 2.75) is 10.9 Å². The van der Waals surface area contributed by atoms with Crippen LogP contribution in [0.15, 0.2) is 29.4 Å². The molecule has 1 fully saturated rings. The highest BCUT2D eigenvalue weighted by molar-refractivity contribution is 8.00. The van der Waals surface area contributed by atoms with Crippen LogP contribution in [0.2, 0.25) is 0 Å². The predicted octanol–water partition coefficient (Wildman–Crippen LogP) is 1.16. The van der Waals surface area contributed by atoms with Gasteiger partial charge in [-0.3, -0.25) is 9.78 Å². The molecule has 0 spiro atoms. The van der Waals surface area contributed by atoms with E-state index in [0.29, 0.717) is 11.6 Å². The Labute approximate surface area is 113 Å². The van der Waals surface area contributed by atoms with Gasteiger partial charge in [0.1, 0.15) is 6.04 Å². The SMILES string of the molecule is O=C(O)[C@@H]1CSCN1C(=O)CSc1ccncc1. The Hall–Kier alpha value is -1.21. The predicted molar refractivity (Wildman–Crippen MR) is 70.6 cm³/mol. The van der Waals surface area contributed by atoms with Crippen molar-refractivity contribution in [1.82, 2.24) is 9.88 Å². The summed E-state index contributed by atoms with van der Waals surface area (Å²) in [7, 11) is 0. The number of amides is 1. The van der Waals surface area contributed by atoms with Gasteiger partial charge in [-0.05, 0) is 12.1 Å². The second-order valence-corrected chi connectivity index (χ2v) is 5.74. The number of nitrogens with zero attached hydrogens (tertiary/aromatic N) is 2. The van der Waals surface area contributed by atoms with Gasteiger partial charge < -0.3 is 10.0 Å². The number of carboxylic acids is 1. The zero-order valence-electron chi connectivity index (χ0n) is 9.48. The van der Waals surface area contributed by atoms with Gasteiger partial charge in [0.15, 0.2) is 0 Å². The van der Waals surface area contributed by atoms with Gasteiger partial charge in [0, 0.05) is 23.0 Å². The number of carbonyl (C=O) groups is 2. The molecule has 1 amide bonds. The summed E-state index contributed by atoms with van der Waals surface area (Å²) >= 11 is 2.87. The first-order valence-corrected chi connectivity index (χ1v) is 7.45. The number of carbonyl (C=O) groups excluding carboxylic acids is 1. The Morgan fingerprint density at radius 1 is 1.50 bits per heavy atom.